The minimum Gasteiger partial charge on any atom is -0.324 e. The summed E-state index contributed by atoms with van der Waals surface area (Å²) >= 11 is 0. The molecule has 0 aliphatic rings. The molecule has 0 fully saturated rings. The van der Waals surface area contributed by atoms with Gasteiger partial charge in [-0.05, 0) is 43.0 Å². The van der Waals surface area contributed by atoms with Crippen molar-refractivity contribution < 1.29 is 4.79 Å². The zero-order valence-corrected chi connectivity index (χ0v) is 16.7. The van der Waals surface area contributed by atoms with Crippen LogP contribution >= 0.6 is 0 Å². The molecule has 0 saturated heterocycles. The fourth-order valence-corrected chi connectivity index (χ4v) is 3.38. The normalized spacial score (nSPS) is 11.2. The summed E-state index contributed by atoms with van der Waals surface area (Å²) in [5.41, 5.74) is 2.34. The van der Waals surface area contributed by atoms with Crippen molar-refractivity contribution in [3.05, 3.63) is 74.4 Å². The van der Waals surface area contributed by atoms with Crippen LogP contribution in [-0.2, 0) is 17.9 Å². The van der Waals surface area contributed by atoms with Crippen LogP contribution in [0.4, 0.5) is 5.69 Å². The zero-order valence-electron chi connectivity index (χ0n) is 16.7. The summed E-state index contributed by atoms with van der Waals surface area (Å²) in [7, 11) is 0. The molecular formula is C22H25N3O3. The Hall–Kier alpha value is -3.15. The van der Waals surface area contributed by atoms with Gasteiger partial charge in [0.25, 0.3) is 5.56 Å². The number of anilines is 1. The molecule has 0 atom stereocenters. The van der Waals surface area contributed by atoms with Crippen molar-refractivity contribution >= 4 is 22.5 Å². The number of nitrogens with one attached hydrogen (secondary N) is 1. The second-order valence-electron chi connectivity index (χ2n) is 7.51. The predicted octanol–water partition coefficient (Wildman–Crippen LogP) is 3.07. The monoisotopic (exact) mass is 379 g/mol. The number of fused-ring (bicyclic) bond motifs is 1. The van der Waals surface area contributed by atoms with Gasteiger partial charge < -0.3 is 5.32 Å². The summed E-state index contributed by atoms with van der Waals surface area (Å²) in [5.74, 6) is -0.178. The van der Waals surface area contributed by atoms with Crippen molar-refractivity contribution in [1.82, 2.24) is 9.13 Å². The Morgan fingerprint density at radius 1 is 0.964 bits per heavy atom. The summed E-state index contributed by atoms with van der Waals surface area (Å²) in [6.07, 6.45) is 0. The molecule has 6 nitrogen and oxygen atoms in total. The fourth-order valence-electron chi connectivity index (χ4n) is 3.38. The van der Waals surface area contributed by atoms with Crippen molar-refractivity contribution in [2.24, 2.45) is 5.92 Å². The highest BCUT2D eigenvalue weighted by molar-refractivity contribution is 5.93. The Morgan fingerprint density at radius 3 is 2.25 bits per heavy atom. The molecule has 0 aliphatic heterocycles. The first-order valence-electron chi connectivity index (χ1n) is 9.38. The molecule has 28 heavy (non-hydrogen) atoms. The highest BCUT2D eigenvalue weighted by atomic mass is 16.2. The maximum atomic E-state index is 13.0. The van der Waals surface area contributed by atoms with Crippen molar-refractivity contribution in [3.63, 3.8) is 0 Å². The van der Waals surface area contributed by atoms with E-state index < -0.39 is 5.69 Å². The number of hydrogen-bond acceptors (Lipinski definition) is 3. The molecule has 0 bridgehead atoms. The smallest absolute Gasteiger partial charge is 0.324 e. The Labute approximate surface area is 163 Å². The summed E-state index contributed by atoms with van der Waals surface area (Å²) in [4.78, 5) is 38.5. The molecule has 0 saturated carbocycles. The maximum absolute atomic E-state index is 13.0. The third-order valence-electron chi connectivity index (χ3n) is 4.73. The van der Waals surface area contributed by atoms with Gasteiger partial charge in [-0.1, -0.05) is 44.2 Å². The van der Waals surface area contributed by atoms with E-state index in [4.69, 9.17) is 0 Å². The van der Waals surface area contributed by atoms with Crippen molar-refractivity contribution in [1.29, 1.82) is 0 Å². The number of benzene rings is 2. The molecule has 3 rings (SSSR count). The minimum atomic E-state index is -0.464. The summed E-state index contributed by atoms with van der Waals surface area (Å²) < 4.78 is 2.60. The van der Waals surface area contributed by atoms with E-state index in [9.17, 15) is 14.4 Å². The van der Waals surface area contributed by atoms with Crippen LogP contribution in [0.15, 0.2) is 52.1 Å². The lowest BCUT2D eigenvalue weighted by atomic mass is 10.1. The number of hydrogen-bond donors (Lipinski definition) is 1. The van der Waals surface area contributed by atoms with Crippen LogP contribution in [0.3, 0.4) is 0 Å². The second-order valence-corrected chi connectivity index (χ2v) is 7.51. The summed E-state index contributed by atoms with van der Waals surface area (Å²) in [6, 6.07) is 12.7. The van der Waals surface area contributed by atoms with Crippen molar-refractivity contribution in [2.45, 2.75) is 40.8 Å². The lowest BCUT2D eigenvalue weighted by Crippen LogP contribution is -2.42. The Morgan fingerprint density at radius 2 is 1.61 bits per heavy atom. The van der Waals surface area contributed by atoms with E-state index in [1.807, 2.05) is 45.9 Å². The van der Waals surface area contributed by atoms with E-state index >= 15 is 0 Å². The molecule has 1 N–H and O–H groups in total. The first-order chi connectivity index (χ1) is 13.3. The number of carbonyl (C=O) groups excluding carboxylic acids is 1. The molecule has 1 heterocycles. The molecule has 146 valence electrons. The lowest BCUT2D eigenvalue weighted by molar-refractivity contribution is -0.116. The van der Waals surface area contributed by atoms with Gasteiger partial charge in [-0.25, -0.2) is 4.79 Å². The first kappa shape index (κ1) is 19.6. The third kappa shape index (κ3) is 3.76. The summed E-state index contributed by atoms with van der Waals surface area (Å²) in [5, 5.41) is 3.34. The van der Waals surface area contributed by atoms with E-state index in [-0.39, 0.29) is 23.9 Å². The number of rotatable bonds is 5. The minimum absolute atomic E-state index is 0.128. The van der Waals surface area contributed by atoms with E-state index in [1.54, 1.807) is 24.3 Å². The summed E-state index contributed by atoms with van der Waals surface area (Å²) in [6.45, 7) is 7.88. The van der Waals surface area contributed by atoms with Crippen LogP contribution in [0.2, 0.25) is 0 Å². The van der Waals surface area contributed by atoms with Gasteiger partial charge in [0, 0.05) is 12.2 Å². The molecule has 3 aromatic rings. The predicted molar refractivity (Wildman–Crippen MR) is 112 cm³/mol. The van der Waals surface area contributed by atoms with Gasteiger partial charge in [0.2, 0.25) is 5.91 Å². The molecular weight excluding hydrogens is 354 g/mol. The Kier molecular flexibility index (Phi) is 5.49. The average molecular weight is 379 g/mol. The Bertz CT molecular complexity index is 1140. The molecule has 0 aliphatic carbocycles. The molecule has 0 unspecified atom stereocenters. The number of nitrogens with zero attached hydrogens (tertiary/aromatic N) is 2. The zero-order chi connectivity index (χ0) is 20.4. The van der Waals surface area contributed by atoms with Gasteiger partial charge in [0.15, 0.2) is 0 Å². The SMILES string of the molecule is Cc1cccc(C)c1NC(=O)Cn1c(=O)n(CC(C)C)c(=O)c2ccccc21. The molecule has 6 heteroatoms. The second kappa shape index (κ2) is 7.84. The number of amides is 1. The van der Waals surface area contributed by atoms with E-state index in [0.717, 1.165) is 16.8 Å². The lowest BCUT2D eigenvalue weighted by Gasteiger charge is -2.16. The van der Waals surface area contributed by atoms with Crippen LogP contribution in [0.25, 0.3) is 10.9 Å². The Balaban J connectivity index is 2.06. The van der Waals surface area contributed by atoms with Gasteiger partial charge in [-0.15, -0.1) is 0 Å². The third-order valence-corrected chi connectivity index (χ3v) is 4.73. The first-order valence-corrected chi connectivity index (χ1v) is 9.38. The number of aryl methyl sites for hydroxylation is 2. The van der Waals surface area contributed by atoms with E-state index in [0.29, 0.717) is 17.4 Å². The average Bonchev–Trinajstić information content (AvgIpc) is 2.65. The van der Waals surface area contributed by atoms with Crippen molar-refractivity contribution in [3.8, 4) is 0 Å². The molecule has 1 amide bonds. The standard InChI is InChI=1S/C22H25N3O3/c1-14(2)12-25-21(27)17-10-5-6-11-18(17)24(22(25)28)13-19(26)23-20-15(3)8-7-9-16(20)4/h5-11,14H,12-13H2,1-4H3,(H,23,26). The molecule has 0 radical (unpaired) electrons. The molecule has 2 aromatic carbocycles. The van der Waals surface area contributed by atoms with Gasteiger partial charge in [0.1, 0.15) is 6.54 Å². The van der Waals surface area contributed by atoms with E-state index in [1.165, 1.54) is 9.13 Å². The van der Waals surface area contributed by atoms with Crippen LogP contribution in [0, 0.1) is 19.8 Å². The van der Waals surface area contributed by atoms with E-state index in [2.05, 4.69) is 5.32 Å². The van der Waals surface area contributed by atoms with Crippen molar-refractivity contribution in [2.75, 3.05) is 5.32 Å². The highest BCUT2D eigenvalue weighted by Gasteiger charge is 2.16. The molecule has 0 spiro atoms. The van der Waals surface area contributed by atoms with Gasteiger partial charge >= 0.3 is 5.69 Å². The topological polar surface area (TPSA) is 73.1 Å². The van der Waals surface area contributed by atoms with Gasteiger partial charge in [-0.3, -0.25) is 18.7 Å². The van der Waals surface area contributed by atoms with Crippen LogP contribution < -0.4 is 16.6 Å². The number of carbonyl (C=O) groups is 1. The fraction of sp³-hybridized carbons (Fsp3) is 0.318. The maximum Gasteiger partial charge on any atom is 0.331 e. The van der Waals surface area contributed by atoms with Crippen LogP contribution in [0.1, 0.15) is 25.0 Å². The highest BCUT2D eigenvalue weighted by Crippen LogP contribution is 2.19. The van der Waals surface area contributed by atoms with Gasteiger partial charge in [0.05, 0.1) is 10.9 Å². The van der Waals surface area contributed by atoms with Crippen LogP contribution in [-0.4, -0.2) is 15.0 Å². The molecule has 1 aromatic heterocycles. The quantitative estimate of drug-likeness (QED) is 0.740. The number of aromatic nitrogens is 2. The number of para-hydroxylation sites is 2. The van der Waals surface area contributed by atoms with Crippen LogP contribution in [0.5, 0.6) is 0 Å². The largest absolute Gasteiger partial charge is 0.331 e. The van der Waals surface area contributed by atoms with Gasteiger partial charge in [-0.2, -0.15) is 0 Å².